The SMILES string of the molecule is [CH2-]C[C@H](O)CC(=O)/C=C/c1c(-c2ccc(F)cc2)nc(N(C)S(C)(=O)=O)nc1C(C)C.[CH2-]C[C@H](O)C[C@H](O)/C=C/c1c(-c2ccc(F)cc2)nc(N(C)S(C)(=O)=O)nc1C(C)C.[W].[W]. The number of sulfonamides is 2. The number of anilines is 2. The molecule has 0 saturated carbocycles. The molecule has 2 aromatic heterocycles. The Morgan fingerprint density at radius 1 is 0.672 bits per heavy atom. The monoisotopic (exact) mass is 1270 g/mol. The van der Waals surface area contributed by atoms with Gasteiger partial charge in [0.05, 0.1) is 41.4 Å². The summed E-state index contributed by atoms with van der Waals surface area (Å²) >= 11 is 0. The normalized spacial score (nSPS) is 13.2. The van der Waals surface area contributed by atoms with E-state index < -0.39 is 50.0 Å². The summed E-state index contributed by atoms with van der Waals surface area (Å²) in [7, 11) is -4.51. The Hall–Kier alpha value is -3.63. The zero-order valence-corrected chi connectivity index (χ0v) is 44.5. The van der Waals surface area contributed by atoms with Crippen molar-refractivity contribution in [3.05, 3.63) is 109 Å². The topological polar surface area (TPSA) is 204 Å². The Morgan fingerprint density at radius 3 is 1.39 bits per heavy atom. The Kier molecular flexibility index (Phi) is 23.6. The van der Waals surface area contributed by atoms with Crippen LogP contribution in [0.2, 0.25) is 0 Å². The van der Waals surface area contributed by atoms with Gasteiger partial charge in [0.25, 0.3) is 0 Å². The maximum atomic E-state index is 13.5. The van der Waals surface area contributed by atoms with E-state index in [9.17, 15) is 45.7 Å². The molecule has 3 N–H and O–H groups in total. The Balaban J connectivity index is 0.000000621. The van der Waals surface area contributed by atoms with E-state index in [4.69, 9.17) is 0 Å². The minimum absolute atomic E-state index is 0. The van der Waals surface area contributed by atoms with E-state index in [2.05, 4.69) is 33.8 Å². The molecule has 0 bridgehead atoms. The van der Waals surface area contributed by atoms with Gasteiger partial charge in [-0.15, -0.1) is 0 Å². The molecule has 0 aliphatic heterocycles. The van der Waals surface area contributed by atoms with Gasteiger partial charge in [0.2, 0.25) is 31.9 Å². The molecule has 14 nitrogen and oxygen atoms in total. The number of halogens is 2. The number of hydrogen-bond acceptors (Lipinski definition) is 12. The summed E-state index contributed by atoms with van der Waals surface area (Å²) in [5.74, 6) is -1.40. The second kappa shape index (κ2) is 25.9. The van der Waals surface area contributed by atoms with Crippen LogP contribution in [0.4, 0.5) is 20.7 Å². The summed E-state index contributed by atoms with van der Waals surface area (Å²) in [6.45, 7) is 14.8. The molecular formula is C44H56F2N6O8S2W2-2. The number of allylic oxidation sites excluding steroid dienone is 1. The van der Waals surface area contributed by atoms with Gasteiger partial charge in [-0.3, -0.25) is 4.79 Å². The van der Waals surface area contributed by atoms with Crippen LogP contribution in [0, 0.1) is 25.5 Å². The first-order chi connectivity index (χ1) is 28.9. The van der Waals surface area contributed by atoms with Crippen molar-refractivity contribution >= 4 is 49.9 Å². The van der Waals surface area contributed by atoms with Crippen LogP contribution < -0.4 is 8.61 Å². The third-order valence-corrected chi connectivity index (χ3v) is 11.7. The van der Waals surface area contributed by atoms with Crippen molar-refractivity contribution in [1.29, 1.82) is 0 Å². The van der Waals surface area contributed by atoms with E-state index in [0.717, 1.165) is 21.1 Å². The summed E-state index contributed by atoms with van der Waals surface area (Å²) in [5, 5.41) is 29.6. The van der Waals surface area contributed by atoms with Gasteiger partial charge < -0.3 is 29.2 Å². The molecule has 3 atom stereocenters. The first-order valence-electron chi connectivity index (χ1n) is 19.6. The van der Waals surface area contributed by atoms with Crippen LogP contribution in [0.15, 0.2) is 60.7 Å². The van der Waals surface area contributed by atoms with E-state index >= 15 is 0 Å². The molecule has 0 radical (unpaired) electrons. The van der Waals surface area contributed by atoms with Crippen LogP contribution >= 0.6 is 0 Å². The average molecular weight is 1270 g/mol. The molecule has 0 fully saturated rings. The number of rotatable bonds is 18. The molecule has 0 aliphatic carbocycles. The predicted octanol–water partition coefficient (Wildman–Crippen LogP) is 6.51. The maximum Gasteiger partial charge on any atom is 0.239 e. The molecule has 0 spiro atoms. The number of carbonyl (C=O) groups excluding carboxylic acids is 1. The van der Waals surface area contributed by atoms with Gasteiger partial charge in [0.15, 0.2) is 5.78 Å². The summed E-state index contributed by atoms with van der Waals surface area (Å²) in [5.41, 5.74) is 4.08. The fourth-order valence-corrected chi connectivity index (χ4v) is 6.41. The van der Waals surface area contributed by atoms with Crippen molar-refractivity contribution in [2.24, 2.45) is 0 Å². The number of ketones is 1. The largest absolute Gasteiger partial charge is 0.396 e. The van der Waals surface area contributed by atoms with Crippen LogP contribution in [0.25, 0.3) is 34.7 Å². The van der Waals surface area contributed by atoms with E-state index in [-0.39, 0.29) is 97.3 Å². The molecule has 0 unspecified atom stereocenters. The minimum atomic E-state index is -3.62. The van der Waals surface area contributed by atoms with Crippen molar-refractivity contribution < 1.29 is 87.9 Å². The molecule has 4 rings (SSSR count). The quantitative estimate of drug-likeness (QED) is 0.0722. The van der Waals surface area contributed by atoms with Crippen LogP contribution in [0.1, 0.15) is 87.7 Å². The summed E-state index contributed by atoms with van der Waals surface area (Å²) in [6.07, 6.45) is 6.22. The van der Waals surface area contributed by atoms with Crippen LogP contribution in [0.5, 0.6) is 0 Å². The van der Waals surface area contributed by atoms with Crippen molar-refractivity contribution in [1.82, 2.24) is 19.9 Å². The van der Waals surface area contributed by atoms with Gasteiger partial charge in [-0.1, -0.05) is 39.8 Å². The van der Waals surface area contributed by atoms with Gasteiger partial charge >= 0.3 is 0 Å². The number of aliphatic hydroxyl groups excluding tert-OH is 3. The van der Waals surface area contributed by atoms with E-state index in [1.54, 1.807) is 24.3 Å². The number of nitrogens with zero attached hydrogens (tertiary/aromatic N) is 6. The molecule has 0 amide bonds. The number of aromatic nitrogens is 4. The first kappa shape index (κ1) is 58.4. The minimum Gasteiger partial charge on any atom is -0.396 e. The zero-order chi connectivity index (χ0) is 46.7. The van der Waals surface area contributed by atoms with Gasteiger partial charge in [-0.25, -0.2) is 54.2 Å². The van der Waals surface area contributed by atoms with Crippen molar-refractivity contribution in [2.75, 3.05) is 35.2 Å². The van der Waals surface area contributed by atoms with E-state index in [1.165, 1.54) is 62.6 Å². The summed E-state index contributed by atoms with van der Waals surface area (Å²) < 4.78 is 77.1. The second-order valence-corrected chi connectivity index (χ2v) is 19.2. The molecule has 20 heteroatoms. The summed E-state index contributed by atoms with van der Waals surface area (Å²) in [4.78, 5) is 30.0. The predicted molar refractivity (Wildman–Crippen MR) is 240 cm³/mol. The molecular weight excluding hydrogens is 1210 g/mol. The van der Waals surface area contributed by atoms with Crippen LogP contribution in [-0.4, -0.2) is 103 Å². The molecule has 4 aromatic rings. The third-order valence-electron chi connectivity index (χ3n) is 9.35. The second-order valence-electron chi connectivity index (χ2n) is 15.2. The van der Waals surface area contributed by atoms with Crippen molar-refractivity contribution in [3.63, 3.8) is 0 Å². The number of hydrogen-bond donors (Lipinski definition) is 3. The molecule has 64 heavy (non-hydrogen) atoms. The Bertz CT molecular complexity index is 2440. The fourth-order valence-electron chi connectivity index (χ4n) is 5.65. The molecule has 0 saturated heterocycles. The van der Waals surface area contributed by atoms with Crippen molar-refractivity contribution in [2.45, 2.75) is 83.5 Å². The Labute approximate surface area is 405 Å². The first-order valence-corrected chi connectivity index (χ1v) is 23.3. The Morgan fingerprint density at radius 2 is 1.05 bits per heavy atom. The maximum absolute atomic E-state index is 13.5. The van der Waals surface area contributed by atoms with Gasteiger partial charge in [0.1, 0.15) is 11.6 Å². The average Bonchev–Trinajstić information content (AvgIpc) is 3.20. The molecule has 2 aromatic carbocycles. The standard InChI is InChI=1S/C22H29FN3O4S.C22H27FN3O4S.2W/c2*1-6-17(27)13-18(28)11-12-19-20(14(2)3)24-22(26(4)31(5,29)30)25-21(19)15-7-9-16(23)10-8-15;;/h7-12,14,17-18,27-28H,1,6,13H2,2-5H3;7-12,14,17,27H,1,6,13H2,2-5H3;;/q2*-1;;/b2*12-11+;;/t17-,18+;17-;;/m00../s1. The van der Waals surface area contributed by atoms with Crippen molar-refractivity contribution in [3.8, 4) is 22.5 Å². The van der Waals surface area contributed by atoms with Crippen LogP contribution in [-0.2, 0) is 67.0 Å². The zero-order valence-electron chi connectivity index (χ0n) is 37.0. The fraction of sp³-hybridized carbons (Fsp3) is 0.386. The number of benzene rings is 2. The smallest absolute Gasteiger partial charge is 0.239 e. The van der Waals surface area contributed by atoms with Gasteiger partial charge in [-0.05, 0) is 72.5 Å². The molecule has 0 aliphatic rings. The molecule has 2 heterocycles. The van der Waals surface area contributed by atoms with Crippen LogP contribution in [0.3, 0.4) is 0 Å². The number of aliphatic hydroxyl groups is 3. The summed E-state index contributed by atoms with van der Waals surface area (Å²) in [6, 6.07) is 11.3. The van der Waals surface area contributed by atoms with E-state index in [1.807, 2.05) is 27.7 Å². The van der Waals surface area contributed by atoms with Gasteiger partial charge in [-0.2, -0.15) is 12.8 Å². The van der Waals surface area contributed by atoms with E-state index in [0.29, 0.717) is 45.0 Å². The van der Waals surface area contributed by atoms with Gasteiger partial charge in [0, 0.05) is 104 Å². The number of carbonyl (C=O) groups is 1. The third kappa shape index (κ3) is 17.0. The molecule has 350 valence electrons.